The van der Waals surface area contributed by atoms with Crippen LogP contribution in [0.4, 0.5) is 11.4 Å². The monoisotopic (exact) mass is 403 g/mol. The second-order valence-electron chi connectivity index (χ2n) is 6.75. The van der Waals surface area contributed by atoms with Crippen LogP contribution < -0.4 is 21.1 Å². The first-order valence-electron chi connectivity index (χ1n) is 9.17. The molecule has 0 radical (unpaired) electrons. The molecule has 2 atom stereocenters. The number of para-hydroxylation sites is 1. The molecule has 1 fully saturated rings. The second kappa shape index (κ2) is 10.1. The smallest absolute Gasteiger partial charge is 0.257 e. The molecule has 4 N–H and O–H groups in total. The summed E-state index contributed by atoms with van der Waals surface area (Å²) in [5, 5.41) is 5.77. The summed E-state index contributed by atoms with van der Waals surface area (Å²) in [4.78, 5) is 25.4. The minimum atomic E-state index is -0.280. The molecule has 0 spiro atoms. The quantitative estimate of drug-likeness (QED) is 0.685. The van der Waals surface area contributed by atoms with Crippen LogP contribution in [0.1, 0.15) is 29.6 Å². The molecule has 0 saturated heterocycles. The standard InChI is InChI=1S/C21H25N3O3.ClH/c1-27-16-11-9-15(10-12-16)23-21(26)18-6-2-3-8-19(18)24-20(25)17-7-4-5-14(17)13-22;/h2-3,6,8-12,14,17H,4-5,7,13,22H2,1H3,(H,23,26)(H,24,25);1H/t14-,17-;/m1./s1. The van der Waals surface area contributed by atoms with Crippen molar-refractivity contribution >= 4 is 35.6 Å². The normalized spacial score (nSPS) is 18.1. The van der Waals surface area contributed by atoms with Gasteiger partial charge in [-0.05, 0) is 61.7 Å². The van der Waals surface area contributed by atoms with E-state index >= 15 is 0 Å². The molecule has 0 bridgehead atoms. The van der Waals surface area contributed by atoms with Crippen molar-refractivity contribution in [1.82, 2.24) is 0 Å². The van der Waals surface area contributed by atoms with Crippen LogP contribution >= 0.6 is 12.4 Å². The summed E-state index contributed by atoms with van der Waals surface area (Å²) in [5.74, 6) is 0.496. The second-order valence-corrected chi connectivity index (χ2v) is 6.75. The van der Waals surface area contributed by atoms with Crippen molar-refractivity contribution in [2.24, 2.45) is 17.6 Å². The SMILES string of the molecule is COc1ccc(NC(=O)c2ccccc2NC(=O)[C@@H]2CCC[C@@H]2CN)cc1.Cl. The Morgan fingerprint density at radius 3 is 2.46 bits per heavy atom. The van der Waals surface area contributed by atoms with Gasteiger partial charge in [-0.15, -0.1) is 12.4 Å². The predicted octanol–water partition coefficient (Wildman–Crippen LogP) is 3.68. The van der Waals surface area contributed by atoms with Gasteiger partial charge in [0.2, 0.25) is 5.91 Å². The van der Waals surface area contributed by atoms with Crippen molar-refractivity contribution in [2.75, 3.05) is 24.3 Å². The number of carbonyl (C=O) groups excluding carboxylic acids is 2. The Labute approximate surface area is 171 Å². The largest absolute Gasteiger partial charge is 0.497 e. The zero-order valence-corrected chi connectivity index (χ0v) is 16.6. The molecule has 2 amide bonds. The van der Waals surface area contributed by atoms with E-state index in [1.54, 1.807) is 55.6 Å². The Hall–Kier alpha value is -2.57. The van der Waals surface area contributed by atoms with Crippen molar-refractivity contribution in [3.05, 3.63) is 54.1 Å². The van der Waals surface area contributed by atoms with Crippen LogP contribution in [0, 0.1) is 11.8 Å². The fourth-order valence-corrected chi connectivity index (χ4v) is 3.55. The highest BCUT2D eigenvalue weighted by atomic mass is 35.5. The topological polar surface area (TPSA) is 93.5 Å². The Morgan fingerprint density at radius 2 is 1.79 bits per heavy atom. The first-order chi connectivity index (χ1) is 13.1. The summed E-state index contributed by atoms with van der Waals surface area (Å²) < 4.78 is 5.12. The maximum atomic E-state index is 12.7. The number of halogens is 1. The number of hydrogen-bond donors (Lipinski definition) is 3. The van der Waals surface area contributed by atoms with Crippen LogP contribution in [0.25, 0.3) is 0 Å². The summed E-state index contributed by atoms with van der Waals surface area (Å²) in [5.41, 5.74) is 7.37. The number of rotatable bonds is 6. The molecule has 0 heterocycles. The van der Waals surface area contributed by atoms with Crippen molar-refractivity contribution in [1.29, 1.82) is 0 Å². The van der Waals surface area contributed by atoms with Gasteiger partial charge in [0.15, 0.2) is 0 Å². The Bertz CT molecular complexity index is 811. The van der Waals surface area contributed by atoms with Gasteiger partial charge in [0.05, 0.1) is 18.4 Å². The third kappa shape index (κ3) is 5.03. The zero-order valence-electron chi connectivity index (χ0n) is 15.8. The van der Waals surface area contributed by atoms with Gasteiger partial charge in [0, 0.05) is 11.6 Å². The molecule has 6 nitrogen and oxygen atoms in total. The lowest BCUT2D eigenvalue weighted by atomic mass is 9.95. The summed E-state index contributed by atoms with van der Waals surface area (Å²) >= 11 is 0. The number of nitrogens with two attached hydrogens (primary N) is 1. The molecule has 1 aliphatic carbocycles. The third-order valence-electron chi connectivity index (χ3n) is 5.08. The van der Waals surface area contributed by atoms with Crippen molar-refractivity contribution in [3.63, 3.8) is 0 Å². The number of methoxy groups -OCH3 is 1. The zero-order chi connectivity index (χ0) is 19.2. The maximum absolute atomic E-state index is 12.7. The molecule has 28 heavy (non-hydrogen) atoms. The number of amides is 2. The van der Waals surface area contributed by atoms with Gasteiger partial charge in [-0.2, -0.15) is 0 Å². The summed E-state index contributed by atoms with van der Waals surface area (Å²) in [7, 11) is 1.59. The number of ether oxygens (including phenoxy) is 1. The van der Waals surface area contributed by atoms with E-state index in [0.717, 1.165) is 19.3 Å². The average molecular weight is 404 g/mol. The Balaban J connectivity index is 0.00000280. The number of nitrogens with one attached hydrogen (secondary N) is 2. The number of benzene rings is 2. The molecule has 150 valence electrons. The van der Waals surface area contributed by atoms with E-state index in [2.05, 4.69) is 10.6 Å². The molecular weight excluding hydrogens is 378 g/mol. The molecule has 1 saturated carbocycles. The lowest BCUT2D eigenvalue weighted by Crippen LogP contribution is -2.30. The van der Waals surface area contributed by atoms with Gasteiger partial charge in [-0.25, -0.2) is 0 Å². The highest BCUT2D eigenvalue weighted by Gasteiger charge is 2.32. The van der Waals surface area contributed by atoms with E-state index in [4.69, 9.17) is 10.5 Å². The van der Waals surface area contributed by atoms with Crippen LogP contribution in [0.15, 0.2) is 48.5 Å². The Morgan fingerprint density at radius 1 is 1.07 bits per heavy atom. The summed E-state index contributed by atoms with van der Waals surface area (Å²) in [6.07, 6.45) is 2.83. The Kier molecular flexibility index (Phi) is 7.84. The fraction of sp³-hybridized carbons (Fsp3) is 0.333. The van der Waals surface area contributed by atoms with E-state index < -0.39 is 0 Å². The first-order valence-corrected chi connectivity index (χ1v) is 9.17. The third-order valence-corrected chi connectivity index (χ3v) is 5.08. The summed E-state index contributed by atoms with van der Waals surface area (Å²) in [6, 6.07) is 14.1. The van der Waals surface area contributed by atoms with Gasteiger partial charge < -0.3 is 21.1 Å². The minimum absolute atomic E-state index is 0. The van der Waals surface area contributed by atoms with Gasteiger partial charge >= 0.3 is 0 Å². The van der Waals surface area contributed by atoms with Gasteiger partial charge in [-0.1, -0.05) is 18.6 Å². The molecule has 0 unspecified atom stereocenters. The van der Waals surface area contributed by atoms with E-state index in [-0.39, 0.29) is 36.1 Å². The lowest BCUT2D eigenvalue weighted by molar-refractivity contribution is -0.120. The van der Waals surface area contributed by atoms with Gasteiger partial charge in [0.1, 0.15) is 5.75 Å². The number of carbonyl (C=O) groups is 2. The van der Waals surface area contributed by atoms with Crippen LogP contribution in [-0.2, 0) is 4.79 Å². The number of anilines is 2. The van der Waals surface area contributed by atoms with Gasteiger partial charge in [-0.3, -0.25) is 9.59 Å². The van der Waals surface area contributed by atoms with Crippen LogP contribution in [0.3, 0.4) is 0 Å². The molecule has 2 aromatic rings. The van der Waals surface area contributed by atoms with Crippen molar-refractivity contribution in [2.45, 2.75) is 19.3 Å². The number of hydrogen-bond acceptors (Lipinski definition) is 4. The van der Waals surface area contributed by atoms with E-state index in [1.165, 1.54) is 0 Å². The lowest BCUT2D eigenvalue weighted by Gasteiger charge is -2.18. The highest BCUT2D eigenvalue weighted by molar-refractivity contribution is 6.10. The summed E-state index contributed by atoms with van der Waals surface area (Å²) in [6.45, 7) is 0.512. The molecule has 1 aliphatic rings. The predicted molar refractivity (Wildman–Crippen MR) is 113 cm³/mol. The van der Waals surface area contributed by atoms with E-state index in [0.29, 0.717) is 29.2 Å². The molecule has 0 aromatic heterocycles. The average Bonchev–Trinajstić information content (AvgIpc) is 3.18. The molecule has 0 aliphatic heterocycles. The van der Waals surface area contributed by atoms with E-state index in [1.807, 2.05) is 0 Å². The van der Waals surface area contributed by atoms with Crippen LogP contribution in [0.5, 0.6) is 5.75 Å². The molecular formula is C21H26ClN3O3. The van der Waals surface area contributed by atoms with Crippen LogP contribution in [-0.4, -0.2) is 25.5 Å². The minimum Gasteiger partial charge on any atom is -0.497 e. The fourth-order valence-electron chi connectivity index (χ4n) is 3.55. The van der Waals surface area contributed by atoms with E-state index in [9.17, 15) is 9.59 Å². The maximum Gasteiger partial charge on any atom is 0.257 e. The van der Waals surface area contributed by atoms with Crippen molar-refractivity contribution in [3.8, 4) is 5.75 Å². The molecule has 2 aromatic carbocycles. The first kappa shape index (κ1) is 21.7. The highest BCUT2D eigenvalue weighted by Crippen LogP contribution is 2.32. The molecule has 3 rings (SSSR count). The van der Waals surface area contributed by atoms with Crippen molar-refractivity contribution < 1.29 is 14.3 Å². The molecule has 7 heteroatoms. The van der Waals surface area contributed by atoms with Crippen LogP contribution in [0.2, 0.25) is 0 Å². The van der Waals surface area contributed by atoms with Gasteiger partial charge in [0.25, 0.3) is 5.91 Å².